The predicted octanol–water partition coefficient (Wildman–Crippen LogP) is 1.57. The molecule has 5 nitrogen and oxygen atoms in total. The van der Waals surface area contributed by atoms with Gasteiger partial charge in [-0.25, -0.2) is 4.39 Å². The lowest BCUT2D eigenvalue weighted by Gasteiger charge is -2.24. The van der Waals surface area contributed by atoms with E-state index in [1.54, 1.807) is 13.1 Å². The average Bonchev–Trinajstić information content (AvgIpc) is 2.96. The molecule has 2 rings (SSSR count). The molecule has 1 saturated heterocycles. The third-order valence-corrected chi connectivity index (χ3v) is 3.59. The molecule has 1 fully saturated rings. The Bertz CT molecular complexity index is 502. The monoisotopic (exact) mass is 295 g/mol. The van der Waals surface area contributed by atoms with Gasteiger partial charge in [0.15, 0.2) is 17.5 Å². The van der Waals surface area contributed by atoms with Gasteiger partial charge in [-0.15, -0.1) is 0 Å². The highest BCUT2D eigenvalue weighted by atomic mass is 19.1. The van der Waals surface area contributed by atoms with Crippen molar-refractivity contribution in [1.29, 1.82) is 0 Å². The molecule has 0 aromatic heterocycles. The molecular formula is C15H22FN3O2. The number of phenols is 1. The van der Waals surface area contributed by atoms with Crippen molar-refractivity contribution in [3.63, 3.8) is 0 Å². The summed E-state index contributed by atoms with van der Waals surface area (Å²) in [4.78, 5) is 6.28. The lowest BCUT2D eigenvalue weighted by Crippen LogP contribution is -2.41. The second-order valence-corrected chi connectivity index (χ2v) is 5.30. The Morgan fingerprint density at radius 3 is 3.00 bits per heavy atom. The first-order valence-electron chi connectivity index (χ1n) is 7.07. The number of guanidine groups is 1. The molecule has 0 bridgehead atoms. The van der Waals surface area contributed by atoms with Gasteiger partial charge in [-0.05, 0) is 24.1 Å². The molecule has 1 atom stereocenters. The van der Waals surface area contributed by atoms with Crippen molar-refractivity contribution < 1.29 is 14.2 Å². The van der Waals surface area contributed by atoms with Gasteiger partial charge < -0.3 is 20.1 Å². The smallest absolute Gasteiger partial charge is 0.193 e. The highest BCUT2D eigenvalue weighted by Gasteiger charge is 2.19. The van der Waals surface area contributed by atoms with E-state index >= 15 is 0 Å². The lowest BCUT2D eigenvalue weighted by molar-refractivity contribution is 0.181. The summed E-state index contributed by atoms with van der Waals surface area (Å²) >= 11 is 0. The molecule has 1 aliphatic rings. The standard InChI is InChI=1S/C15H22FN3O2/c1-17-15(19(2)9-12-5-6-21-10-12)18-8-11-3-4-14(20)13(16)7-11/h3-4,7,12,20H,5-6,8-10H2,1-2H3,(H,17,18). The Kier molecular flexibility index (Phi) is 5.38. The van der Waals surface area contributed by atoms with Crippen LogP contribution in [0.15, 0.2) is 23.2 Å². The number of aliphatic imine (C=N–C) groups is 1. The molecule has 1 unspecified atom stereocenters. The molecule has 2 N–H and O–H groups in total. The Morgan fingerprint density at radius 2 is 2.38 bits per heavy atom. The maximum Gasteiger partial charge on any atom is 0.193 e. The van der Waals surface area contributed by atoms with E-state index in [-0.39, 0.29) is 5.75 Å². The van der Waals surface area contributed by atoms with Gasteiger partial charge in [0.25, 0.3) is 0 Å². The molecule has 1 aromatic rings. The topological polar surface area (TPSA) is 57.1 Å². The van der Waals surface area contributed by atoms with E-state index in [0.29, 0.717) is 12.5 Å². The number of ether oxygens (including phenoxy) is 1. The van der Waals surface area contributed by atoms with Gasteiger partial charge in [-0.1, -0.05) is 6.07 Å². The minimum atomic E-state index is -0.610. The van der Waals surface area contributed by atoms with E-state index in [1.165, 1.54) is 12.1 Å². The van der Waals surface area contributed by atoms with Gasteiger partial charge in [-0.3, -0.25) is 4.99 Å². The van der Waals surface area contributed by atoms with E-state index in [2.05, 4.69) is 15.2 Å². The van der Waals surface area contributed by atoms with E-state index in [0.717, 1.165) is 37.7 Å². The van der Waals surface area contributed by atoms with E-state index in [1.807, 2.05) is 7.05 Å². The number of aromatic hydroxyl groups is 1. The van der Waals surface area contributed by atoms with Crippen molar-refractivity contribution in [2.24, 2.45) is 10.9 Å². The van der Waals surface area contributed by atoms with Crippen LogP contribution in [0.25, 0.3) is 0 Å². The lowest BCUT2D eigenvalue weighted by atomic mass is 10.1. The second kappa shape index (κ2) is 7.26. The minimum Gasteiger partial charge on any atom is -0.505 e. The van der Waals surface area contributed by atoms with Crippen molar-refractivity contribution in [2.45, 2.75) is 13.0 Å². The molecule has 0 spiro atoms. The second-order valence-electron chi connectivity index (χ2n) is 5.30. The average molecular weight is 295 g/mol. The summed E-state index contributed by atoms with van der Waals surface area (Å²) in [6.07, 6.45) is 1.07. The normalized spacial score (nSPS) is 18.8. The van der Waals surface area contributed by atoms with Crippen LogP contribution in [0.4, 0.5) is 4.39 Å². The van der Waals surface area contributed by atoms with Crippen molar-refractivity contribution in [3.8, 4) is 5.75 Å². The number of nitrogens with zero attached hydrogens (tertiary/aromatic N) is 2. The number of phenolic OH excluding ortho intramolecular Hbond substituents is 1. The molecule has 21 heavy (non-hydrogen) atoms. The van der Waals surface area contributed by atoms with Crippen LogP contribution in [0, 0.1) is 11.7 Å². The molecule has 0 saturated carbocycles. The van der Waals surface area contributed by atoms with Gasteiger partial charge in [0.2, 0.25) is 0 Å². The quantitative estimate of drug-likeness (QED) is 0.654. The Morgan fingerprint density at radius 1 is 1.57 bits per heavy atom. The molecule has 0 aliphatic carbocycles. The van der Waals surface area contributed by atoms with Gasteiger partial charge in [0.05, 0.1) is 6.61 Å². The third kappa shape index (κ3) is 4.32. The van der Waals surface area contributed by atoms with Crippen LogP contribution in [0.5, 0.6) is 5.75 Å². The zero-order chi connectivity index (χ0) is 15.2. The van der Waals surface area contributed by atoms with Gasteiger partial charge >= 0.3 is 0 Å². The first-order valence-corrected chi connectivity index (χ1v) is 7.07. The fraction of sp³-hybridized carbons (Fsp3) is 0.533. The third-order valence-electron chi connectivity index (χ3n) is 3.59. The number of halogens is 1. The van der Waals surface area contributed by atoms with Crippen molar-refractivity contribution >= 4 is 5.96 Å². The molecule has 1 heterocycles. The molecule has 116 valence electrons. The predicted molar refractivity (Wildman–Crippen MR) is 79.8 cm³/mol. The number of hydrogen-bond donors (Lipinski definition) is 2. The number of benzene rings is 1. The molecule has 0 amide bonds. The highest BCUT2D eigenvalue weighted by Crippen LogP contribution is 2.16. The maximum atomic E-state index is 13.3. The zero-order valence-electron chi connectivity index (χ0n) is 12.5. The number of rotatable bonds is 4. The van der Waals surface area contributed by atoms with Crippen LogP contribution in [0.1, 0.15) is 12.0 Å². The summed E-state index contributed by atoms with van der Waals surface area (Å²) in [5, 5.41) is 12.4. The van der Waals surface area contributed by atoms with Gasteiger partial charge in [-0.2, -0.15) is 0 Å². The highest BCUT2D eigenvalue weighted by molar-refractivity contribution is 5.79. The zero-order valence-corrected chi connectivity index (χ0v) is 12.5. The minimum absolute atomic E-state index is 0.332. The molecule has 0 radical (unpaired) electrons. The fourth-order valence-corrected chi connectivity index (χ4v) is 2.43. The summed E-state index contributed by atoms with van der Waals surface area (Å²) in [5.74, 6) is 0.345. The number of nitrogens with one attached hydrogen (secondary N) is 1. The van der Waals surface area contributed by atoms with Crippen LogP contribution in [-0.4, -0.2) is 49.8 Å². The van der Waals surface area contributed by atoms with Crippen molar-refractivity contribution in [2.75, 3.05) is 33.9 Å². The largest absolute Gasteiger partial charge is 0.505 e. The molecule has 6 heteroatoms. The van der Waals surface area contributed by atoms with Gasteiger partial charge in [0.1, 0.15) is 0 Å². The van der Waals surface area contributed by atoms with Crippen molar-refractivity contribution in [3.05, 3.63) is 29.6 Å². The van der Waals surface area contributed by atoms with E-state index < -0.39 is 5.82 Å². The van der Waals surface area contributed by atoms with Crippen molar-refractivity contribution in [1.82, 2.24) is 10.2 Å². The fourth-order valence-electron chi connectivity index (χ4n) is 2.43. The summed E-state index contributed by atoms with van der Waals surface area (Å²) in [7, 11) is 3.70. The molecule has 1 aromatic carbocycles. The summed E-state index contributed by atoms with van der Waals surface area (Å²) in [6, 6.07) is 4.36. The summed E-state index contributed by atoms with van der Waals surface area (Å²) in [6.45, 7) is 2.96. The van der Waals surface area contributed by atoms with Crippen LogP contribution < -0.4 is 5.32 Å². The number of hydrogen-bond acceptors (Lipinski definition) is 3. The summed E-state index contributed by atoms with van der Waals surface area (Å²) < 4.78 is 18.7. The van der Waals surface area contributed by atoms with Crippen LogP contribution >= 0.6 is 0 Å². The molecule has 1 aliphatic heterocycles. The van der Waals surface area contributed by atoms with Gasteiger partial charge in [0, 0.05) is 39.7 Å². The van der Waals surface area contributed by atoms with Crippen LogP contribution in [0.3, 0.4) is 0 Å². The first kappa shape index (κ1) is 15.6. The Balaban J connectivity index is 1.88. The van der Waals surface area contributed by atoms with Crippen LogP contribution in [-0.2, 0) is 11.3 Å². The Labute approximate surface area is 124 Å². The van der Waals surface area contributed by atoms with E-state index in [4.69, 9.17) is 4.74 Å². The summed E-state index contributed by atoms with van der Waals surface area (Å²) in [5.41, 5.74) is 0.754. The SMILES string of the molecule is CN=C(NCc1ccc(O)c(F)c1)N(C)CC1CCOC1. The van der Waals surface area contributed by atoms with Crippen LogP contribution in [0.2, 0.25) is 0 Å². The first-order chi connectivity index (χ1) is 10.1. The maximum absolute atomic E-state index is 13.3. The van der Waals surface area contributed by atoms with E-state index in [9.17, 15) is 9.50 Å². The molecular weight excluding hydrogens is 273 g/mol. The Hall–Kier alpha value is -1.82.